The molecule has 5 heteroatoms. The van der Waals surface area contributed by atoms with Crippen molar-refractivity contribution >= 4 is 29.1 Å². The summed E-state index contributed by atoms with van der Waals surface area (Å²) in [5, 5.41) is 10.0. The number of aliphatic hydroxyl groups is 1. The molecule has 17 heavy (non-hydrogen) atoms. The van der Waals surface area contributed by atoms with Gasteiger partial charge >= 0.3 is 0 Å². The van der Waals surface area contributed by atoms with Gasteiger partial charge in [0, 0.05) is 32.0 Å². The average molecular weight is 274 g/mol. The molecule has 1 aliphatic rings. The Morgan fingerprint density at radius 3 is 2.82 bits per heavy atom. The number of likely N-dealkylation sites (tertiary alicyclic amines) is 1. The van der Waals surface area contributed by atoms with Crippen LogP contribution < -0.4 is 0 Å². The van der Waals surface area contributed by atoms with E-state index in [1.54, 1.807) is 11.0 Å². The topological polar surface area (TPSA) is 40.5 Å². The number of nitrogens with zero attached hydrogens (tertiary/aromatic N) is 1. The molecule has 1 amide bonds. The van der Waals surface area contributed by atoms with Crippen molar-refractivity contribution in [1.29, 1.82) is 0 Å². The Kier molecular flexibility index (Phi) is 3.92. The van der Waals surface area contributed by atoms with E-state index in [2.05, 4.69) is 0 Å². The minimum Gasteiger partial charge on any atom is -0.396 e. The Morgan fingerprint density at radius 2 is 2.18 bits per heavy atom. The molecule has 0 radical (unpaired) electrons. The lowest BCUT2D eigenvalue weighted by atomic mass is 10.1. The maximum absolute atomic E-state index is 11.7. The summed E-state index contributed by atoms with van der Waals surface area (Å²) in [5.74, 6) is 0.0977. The van der Waals surface area contributed by atoms with Crippen molar-refractivity contribution in [2.75, 3.05) is 13.2 Å². The first kappa shape index (κ1) is 12.7. The van der Waals surface area contributed by atoms with E-state index in [0.717, 1.165) is 5.56 Å². The Bertz CT molecular complexity index is 437. The van der Waals surface area contributed by atoms with Crippen molar-refractivity contribution in [1.82, 2.24) is 4.90 Å². The van der Waals surface area contributed by atoms with Crippen LogP contribution in [0, 0.1) is 5.92 Å². The first-order valence-corrected chi connectivity index (χ1v) is 6.19. The van der Waals surface area contributed by atoms with Gasteiger partial charge in [-0.3, -0.25) is 4.79 Å². The molecule has 0 saturated carbocycles. The molecule has 1 N–H and O–H groups in total. The van der Waals surface area contributed by atoms with Crippen LogP contribution in [0.15, 0.2) is 18.2 Å². The van der Waals surface area contributed by atoms with E-state index in [-0.39, 0.29) is 18.4 Å². The number of halogens is 2. The molecule has 1 aromatic rings. The molecule has 1 unspecified atom stereocenters. The summed E-state index contributed by atoms with van der Waals surface area (Å²) in [5.41, 5.74) is 0.839. The minimum atomic E-state index is 0.0421. The van der Waals surface area contributed by atoms with Crippen molar-refractivity contribution in [3.05, 3.63) is 33.8 Å². The van der Waals surface area contributed by atoms with Crippen LogP contribution >= 0.6 is 23.2 Å². The molecule has 3 nitrogen and oxygen atoms in total. The van der Waals surface area contributed by atoms with Crippen molar-refractivity contribution < 1.29 is 9.90 Å². The van der Waals surface area contributed by atoms with Gasteiger partial charge in [0.05, 0.1) is 10.0 Å². The van der Waals surface area contributed by atoms with Crippen molar-refractivity contribution in [3.63, 3.8) is 0 Å². The SMILES string of the molecule is O=C1CC(CO)CN1Cc1cccc(Cl)c1Cl. The fraction of sp³-hybridized carbons (Fsp3) is 0.417. The Morgan fingerprint density at radius 1 is 1.41 bits per heavy atom. The number of aliphatic hydroxyl groups excluding tert-OH is 1. The van der Waals surface area contributed by atoms with E-state index in [4.69, 9.17) is 28.3 Å². The van der Waals surface area contributed by atoms with E-state index < -0.39 is 0 Å². The van der Waals surface area contributed by atoms with E-state index in [9.17, 15) is 4.79 Å². The summed E-state index contributed by atoms with van der Waals surface area (Å²) in [6.45, 7) is 1.08. The quantitative estimate of drug-likeness (QED) is 0.919. The van der Waals surface area contributed by atoms with Gasteiger partial charge in [0.25, 0.3) is 0 Å². The number of benzene rings is 1. The Labute approximate surface area is 110 Å². The largest absolute Gasteiger partial charge is 0.396 e. The second-order valence-corrected chi connectivity index (χ2v) is 5.03. The summed E-state index contributed by atoms with van der Waals surface area (Å²) >= 11 is 12.0. The van der Waals surface area contributed by atoms with Gasteiger partial charge in [-0.25, -0.2) is 0 Å². The third-order valence-corrected chi connectivity index (χ3v) is 3.80. The number of hydrogen-bond donors (Lipinski definition) is 1. The van der Waals surface area contributed by atoms with Crippen molar-refractivity contribution in [2.45, 2.75) is 13.0 Å². The van der Waals surface area contributed by atoms with Crippen LogP contribution in [0.3, 0.4) is 0 Å². The lowest BCUT2D eigenvalue weighted by Crippen LogP contribution is -2.25. The normalized spacial score (nSPS) is 20.1. The molecule has 0 bridgehead atoms. The summed E-state index contributed by atoms with van der Waals surface area (Å²) < 4.78 is 0. The molecule has 92 valence electrons. The number of carbonyl (C=O) groups excluding carboxylic acids is 1. The maximum Gasteiger partial charge on any atom is 0.223 e. The predicted octanol–water partition coefficient (Wildman–Crippen LogP) is 2.33. The molecule has 1 aliphatic heterocycles. The minimum absolute atomic E-state index is 0.0421. The van der Waals surface area contributed by atoms with Gasteiger partial charge in [-0.15, -0.1) is 0 Å². The molecule has 1 heterocycles. The number of hydrogen-bond acceptors (Lipinski definition) is 2. The van der Waals surface area contributed by atoms with Crippen LogP contribution in [-0.4, -0.2) is 29.1 Å². The zero-order chi connectivity index (χ0) is 12.4. The van der Waals surface area contributed by atoms with Gasteiger partial charge in [0.1, 0.15) is 0 Å². The monoisotopic (exact) mass is 273 g/mol. The molecular formula is C12H13Cl2NO2. The number of amides is 1. The number of carbonyl (C=O) groups is 1. The Balaban J connectivity index is 2.11. The average Bonchev–Trinajstić information content (AvgIpc) is 2.66. The molecule has 1 aromatic carbocycles. The molecular weight excluding hydrogens is 261 g/mol. The van der Waals surface area contributed by atoms with E-state index in [1.807, 2.05) is 12.1 Å². The molecule has 0 spiro atoms. The zero-order valence-corrected chi connectivity index (χ0v) is 10.7. The summed E-state index contributed by atoms with van der Waals surface area (Å²) in [6, 6.07) is 5.39. The second kappa shape index (κ2) is 5.25. The van der Waals surface area contributed by atoms with Gasteiger partial charge < -0.3 is 10.0 Å². The first-order chi connectivity index (χ1) is 8.11. The highest BCUT2D eigenvalue weighted by Gasteiger charge is 2.29. The number of rotatable bonds is 3. The van der Waals surface area contributed by atoms with E-state index >= 15 is 0 Å². The molecule has 0 aliphatic carbocycles. The lowest BCUT2D eigenvalue weighted by Gasteiger charge is -2.17. The summed E-state index contributed by atoms with van der Waals surface area (Å²) in [6.07, 6.45) is 0.411. The van der Waals surface area contributed by atoms with Crippen molar-refractivity contribution in [2.24, 2.45) is 5.92 Å². The first-order valence-electron chi connectivity index (χ1n) is 5.43. The van der Waals surface area contributed by atoms with Gasteiger partial charge in [0.15, 0.2) is 0 Å². The highest BCUT2D eigenvalue weighted by molar-refractivity contribution is 6.42. The van der Waals surface area contributed by atoms with Crippen LogP contribution in [0.5, 0.6) is 0 Å². The summed E-state index contributed by atoms with van der Waals surface area (Å²) in [7, 11) is 0. The van der Waals surface area contributed by atoms with E-state index in [0.29, 0.717) is 29.6 Å². The fourth-order valence-corrected chi connectivity index (χ4v) is 2.39. The van der Waals surface area contributed by atoms with Crippen LogP contribution in [0.4, 0.5) is 0 Å². The van der Waals surface area contributed by atoms with Gasteiger partial charge in [0.2, 0.25) is 5.91 Å². The zero-order valence-electron chi connectivity index (χ0n) is 9.20. The highest BCUT2D eigenvalue weighted by atomic mass is 35.5. The second-order valence-electron chi connectivity index (χ2n) is 4.24. The van der Waals surface area contributed by atoms with E-state index in [1.165, 1.54) is 0 Å². The van der Waals surface area contributed by atoms with Crippen LogP contribution in [0.25, 0.3) is 0 Å². The molecule has 1 fully saturated rings. The smallest absolute Gasteiger partial charge is 0.223 e. The molecule has 2 rings (SSSR count). The van der Waals surface area contributed by atoms with Gasteiger partial charge in [-0.2, -0.15) is 0 Å². The molecule has 0 aromatic heterocycles. The third kappa shape index (κ3) is 2.73. The fourth-order valence-electron chi connectivity index (χ4n) is 2.01. The van der Waals surface area contributed by atoms with Gasteiger partial charge in [-0.05, 0) is 11.6 Å². The van der Waals surface area contributed by atoms with Crippen molar-refractivity contribution in [3.8, 4) is 0 Å². The summed E-state index contributed by atoms with van der Waals surface area (Å²) in [4.78, 5) is 13.4. The predicted molar refractivity (Wildman–Crippen MR) is 67.1 cm³/mol. The molecule has 1 atom stereocenters. The van der Waals surface area contributed by atoms with Gasteiger partial charge in [-0.1, -0.05) is 35.3 Å². The molecule has 1 saturated heterocycles. The van der Waals surface area contributed by atoms with Crippen LogP contribution in [0.2, 0.25) is 10.0 Å². The standard InChI is InChI=1S/C12H13Cl2NO2/c13-10-3-1-2-9(12(10)14)6-15-5-8(7-16)4-11(15)17/h1-3,8,16H,4-7H2. The van der Waals surface area contributed by atoms with Crippen LogP contribution in [-0.2, 0) is 11.3 Å². The Hall–Kier alpha value is -0.770. The highest BCUT2D eigenvalue weighted by Crippen LogP contribution is 2.28. The third-order valence-electron chi connectivity index (χ3n) is 2.95. The maximum atomic E-state index is 11.7. The van der Waals surface area contributed by atoms with Crippen LogP contribution in [0.1, 0.15) is 12.0 Å². The lowest BCUT2D eigenvalue weighted by molar-refractivity contribution is -0.128.